The summed E-state index contributed by atoms with van der Waals surface area (Å²) in [4.78, 5) is 29.1. The lowest BCUT2D eigenvalue weighted by Crippen LogP contribution is -2.49. The Labute approximate surface area is 191 Å². The van der Waals surface area contributed by atoms with E-state index in [0.717, 1.165) is 5.75 Å². The topological polar surface area (TPSA) is 67.7 Å². The predicted molar refractivity (Wildman–Crippen MR) is 125 cm³/mol. The van der Waals surface area contributed by atoms with Gasteiger partial charge in [0.15, 0.2) is 0 Å². The standard InChI is InChI=1S/C24H25ClN4O3/c25-23-21(18-26-29(24(23)31)19-8-3-1-4-9-19)27-13-15-28(16-14-27)22(30)12-7-17-32-20-10-5-2-6-11-20/h1-6,8-11,18H,7,12-17H2. The van der Waals surface area contributed by atoms with Crippen LogP contribution >= 0.6 is 11.6 Å². The minimum absolute atomic E-state index is 0.116. The maximum atomic E-state index is 12.7. The van der Waals surface area contributed by atoms with Gasteiger partial charge in [-0.2, -0.15) is 9.78 Å². The molecule has 0 radical (unpaired) electrons. The summed E-state index contributed by atoms with van der Waals surface area (Å²) >= 11 is 6.41. The van der Waals surface area contributed by atoms with Gasteiger partial charge in [-0.1, -0.05) is 48.0 Å². The second-order valence-corrected chi connectivity index (χ2v) is 7.91. The van der Waals surface area contributed by atoms with E-state index in [4.69, 9.17) is 16.3 Å². The van der Waals surface area contributed by atoms with Crippen LogP contribution in [-0.4, -0.2) is 53.4 Å². The van der Waals surface area contributed by atoms with Crippen molar-refractivity contribution in [3.8, 4) is 11.4 Å². The Balaban J connectivity index is 1.29. The molecule has 7 nitrogen and oxygen atoms in total. The summed E-state index contributed by atoms with van der Waals surface area (Å²) in [6, 6.07) is 18.8. The summed E-state index contributed by atoms with van der Waals surface area (Å²) in [5.41, 5.74) is 0.914. The fourth-order valence-electron chi connectivity index (χ4n) is 3.68. The van der Waals surface area contributed by atoms with Crippen molar-refractivity contribution in [1.82, 2.24) is 14.7 Å². The van der Waals surface area contributed by atoms with Gasteiger partial charge in [0.25, 0.3) is 5.56 Å². The molecular formula is C24H25ClN4O3. The lowest BCUT2D eigenvalue weighted by Gasteiger charge is -2.36. The molecule has 0 saturated carbocycles. The molecule has 1 aliphatic heterocycles. The number of halogens is 1. The summed E-state index contributed by atoms with van der Waals surface area (Å²) in [5.74, 6) is 0.929. The summed E-state index contributed by atoms with van der Waals surface area (Å²) in [7, 11) is 0. The maximum absolute atomic E-state index is 12.7. The van der Waals surface area contributed by atoms with Crippen LogP contribution in [-0.2, 0) is 4.79 Å². The fraction of sp³-hybridized carbons (Fsp3) is 0.292. The van der Waals surface area contributed by atoms with E-state index in [-0.39, 0.29) is 16.5 Å². The Bertz CT molecular complexity index is 1100. The van der Waals surface area contributed by atoms with Crippen LogP contribution in [0.25, 0.3) is 5.69 Å². The van der Waals surface area contributed by atoms with Crippen molar-refractivity contribution < 1.29 is 9.53 Å². The molecule has 1 aromatic heterocycles. The number of aromatic nitrogens is 2. The zero-order chi connectivity index (χ0) is 22.3. The Morgan fingerprint density at radius 3 is 2.31 bits per heavy atom. The highest BCUT2D eigenvalue weighted by Gasteiger charge is 2.24. The van der Waals surface area contributed by atoms with Crippen LogP contribution in [0.5, 0.6) is 5.75 Å². The van der Waals surface area contributed by atoms with E-state index in [2.05, 4.69) is 5.10 Å². The number of carbonyl (C=O) groups excluding carboxylic acids is 1. The lowest BCUT2D eigenvalue weighted by atomic mass is 10.2. The van der Waals surface area contributed by atoms with Gasteiger partial charge >= 0.3 is 0 Å². The van der Waals surface area contributed by atoms with Gasteiger partial charge in [0.05, 0.1) is 24.2 Å². The van der Waals surface area contributed by atoms with Gasteiger partial charge in [-0.3, -0.25) is 9.59 Å². The average molecular weight is 453 g/mol. The Hall–Kier alpha value is -3.32. The molecule has 0 atom stereocenters. The quantitative estimate of drug-likeness (QED) is 0.514. The van der Waals surface area contributed by atoms with Gasteiger partial charge in [0.1, 0.15) is 10.8 Å². The van der Waals surface area contributed by atoms with Crippen LogP contribution < -0.4 is 15.2 Å². The minimum Gasteiger partial charge on any atom is -0.494 e. The number of hydrogen-bond donors (Lipinski definition) is 0. The van der Waals surface area contributed by atoms with E-state index >= 15 is 0 Å². The second kappa shape index (κ2) is 10.3. The van der Waals surface area contributed by atoms with Crippen molar-refractivity contribution in [2.45, 2.75) is 12.8 Å². The SMILES string of the molecule is O=C(CCCOc1ccccc1)N1CCN(c2cnn(-c3ccccc3)c(=O)c2Cl)CC1. The molecule has 3 aromatic rings. The Morgan fingerprint density at radius 1 is 0.969 bits per heavy atom. The number of amides is 1. The maximum Gasteiger partial charge on any atom is 0.292 e. The highest BCUT2D eigenvalue weighted by molar-refractivity contribution is 6.33. The highest BCUT2D eigenvalue weighted by Crippen LogP contribution is 2.23. The second-order valence-electron chi connectivity index (χ2n) is 7.53. The normalized spacial score (nSPS) is 13.8. The van der Waals surface area contributed by atoms with E-state index in [1.54, 1.807) is 18.3 Å². The Kier molecular flexibility index (Phi) is 7.07. The molecule has 0 unspecified atom stereocenters. The van der Waals surface area contributed by atoms with Crippen LogP contribution in [0.1, 0.15) is 12.8 Å². The third kappa shape index (κ3) is 5.11. The summed E-state index contributed by atoms with van der Waals surface area (Å²) in [6.07, 6.45) is 2.73. The van der Waals surface area contributed by atoms with E-state index < -0.39 is 0 Å². The number of hydrogen-bond acceptors (Lipinski definition) is 5. The van der Waals surface area contributed by atoms with Crippen molar-refractivity contribution in [1.29, 1.82) is 0 Å². The van der Waals surface area contributed by atoms with Gasteiger partial charge in [-0.15, -0.1) is 0 Å². The fourth-order valence-corrected chi connectivity index (χ4v) is 3.93. The molecule has 1 amide bonds. The molecule has 32 heavy (non-hydrogen) atoms. The molecule has 4 rings (SSSR count). The number of para-hydroxylation sites is 2. The zero-order valence-corrected chi connectivity index (χ0v) is 18.4. The number of benzene rings is 2. The summed E-state index contributed by atoms with van der Waals surface area (Å²) < 4.78 is 6.95. The monoisotopic (exact) mass is 452 g/mol. The first-order valence-electron chi connectivity index (χ1n) is 10.7. The smallest absolute Gasteiger partial charge is 0.292 e. The summed E-state index contributed by atoms with van der Waals surface area (Å²) in [5, 5.41) is 4.44. The number of ether oxygens (including phenoxy) is 1. The van der Waals surface area contributed by atoms with E-state index in [9.17, 15) is 9.59 Å². The van der Waals surface area contributed by atoms with Crippen molar-refractivity contribution in [3.63, 3.8) is 0 Å². The molecule has 8 heteroatoms. The van der Waals surface area contributed by atoms with Crippen LogP contribution in [0.2, 0.25) is 5.02 Å². The summed E-state index contributed by atoms with van der Waals surface area (Å²) in [6.45, 7) is 2.87. The molecule has 0 bridgehead atoms. The van der Waals surface area contributed by atoms with Crippen molar-refractivity contribution in [2.24, 2.45) is 0 Å². The van der Waals surface area contributed by atoms with Crippen LogP contribution in [0.15, 0.2) is 71.7 Å². The van der Waals surface area contributed by atoms with E-state index in [1.807, 2.05) is 58.3 Å². The number of carbonyl (C=O) groups is 1. The van der Waals surface area contributed by atoms with Gasteiger partial charge < -0.3 is 14.5 Å². The van der Waals surface area contributed by atoms with Crippen molar-refractivity contribution in [2.75, 3.05) is 37.7 Å². The van der Waals surface area contributed by atoms with Crippen molar-refractivity contribution in [3.05, 3.63) is 82.2 Å². The third-order valence-corrected chi connectivity index (χ3v) is 5.78. The number of nitrogens with zero attached hydrogens (tertiary/aromatic N) is 4. The van der Waals surface area contributed by atoms with Gasteiger partial charge in [0.2, 0.25) is 5.91 Å². The van der Waals surface area contributed by atoms with Gasteiger partial charge in [-0.05, 0) is 30.7 Å². The van der Waals surface area contributed by atoms with Gasteiger partial charge in [0, 0.05) is 32.6 Å². The molecule has 2 aromatic carbocycles. The van der Waals surface area contributed by atoms with Crippen LogP contribution in [0, 0.1) is 0 Å². The lowest BCUT2D eigenvalue weighted by molar-refractivity contribution is -0.131. The van der Waals surface area contributed by atoms with E-state index in [1.165, 1.54) is 4.68 Å². The number of piperazine rings is 1. The molecule has 2 heterocycles. The zero-order valence-electron chi connectivity index (χ0n) is 17.7. The molecule has 0 aliphatic carbocycles. The Morgan fingerprint density at radius 2 is 1.62 bits per heavy atom. The highest BCUT2D eigenvalue weighted by atomic mass is 35.5. The van der Waals surface area contributed by atoms with Crippen LogP contribution in [0.4, 0.5) is 5.69 Å². The molecule has 1 saturated heterocycles. The average Bonchev–Trinajstić information content (AvgIpc) is 2.85. The third-order valence-electron chi connectivity index (χ3n) is 5.42. The molecule has 1 aliphatic rings. The molecule has 0 N–H and O–H groups in total. The van der Waals surface area contributed by atoms with Crippen LogP contribution in [0.3, 0.4) is 0 Å². The van der Waals surface area contributed by atoms with E-state index in [0.29, 0.717) is 57.0 Å². The predicted octanol–water partition coefficient (Wildman–Crippen LogP) is 3.39. The first-order chi connectivity index (χ1) is 15.6. The van der Waals surface area contributed by atoms with Crippen molar-refractivity contribution >= 4 is 23.2 Å². The first kappa shape index (κ1) is 21.9. The van der Waals surface area contributed by atoms with Gasteiger partial charge in [-0.25, -0.2) is 0 Å². The molecule has 1 fully saturated rings. The molecule has 166 valence electrons. The largest absolute Gasteiger partial charge is 0.494 e. The molecule has 0 spiro atoms. The minimum atomic E-state index is -0.354. The number of anilines is 1. The molecular weight excluding hydrogens is 428 g/mol. The first-order valence-corrected chi connectivity index (χ1v) is 11.0. The number of rotatable bonds is 7.